The number of amides is 1. The second-order valence-corrected chi connectivity index (χ2v) is 5.63. The summed E-state index contributed by atoms with van der Waals surface area (Å²) in [6, 6.07) is 5.89. The van der Waals surface area contributed by atoms with Crippen molar-refractivity contribution < 1.29 is 14.7 Å². The molecule has 0 aliphatic rings. The van der Waals surface area contributed by atoms with E-state index in [1.807, 2.05) is 32.0 Å². The van der Waals surface area contributed by atoms with Crippen molar-refractivity contribution in [2.45, 2.75) is 32.4 Å². The fraction of sp³-hybridized carbons (Fsp3) is 0.429. The van der Waals surface area contributed by atoms with Crippen LogP contribution in [0.4, 0.5) is 5.69 Å². The van der Waals surface area contributed by atoms with E-state index in [2.05, 4.69) is 5.32 Å². The molecule has 1 atom stereocenters. The highest BCUT2D eigenvalue weighted by Gasteiger charge is 2.14. The number of benzene rings is 1. The molecule has 0 aliphatic heterocycles. The fourth-order valence-corrected chi connectivity index (χ4v) is 2.27. The summed E-state index contributed by atoms with van der Waals surface area (Å²) in [5.74, 6) is -0.921. The first-order chi connectivity index (χ1) is 8.95. The molecule has 0 saturated carbocycles. The van der Waals surface area contributed by atoms with Gasteiger partial charge < -0.3 is 10.4 Å². The highest BCUT2D eigenvalue weighted by molar-refractivity contribution is 8.01. The SMILES string of the molecule is CCc1cccc(C)c1NC(=O)CSC(C)C(=O)O. The van der Waals surface area contributed by atoms with Gasteiger partial charge in [-0.25, -0.2) is 0 Å². The smallest absolute Gasteiger partial charge is 0.316 e. The van der Waals surface area contributed by atoms with E-state index in [0.717, 1.165) is 35.0 Å². The van der Waals surface area contributed by atoms with Crippen LogP contribution in [0.3, 0.4) is 0 Å². The molecular formula is C14H19NO3S. The van der Waals surface area contributed by atoms with Gasteiger partial charge in [0.25, 0.3) is 0 Å². The van der Waals surface area contributed by atoms with Gasteiger partial charge in [-0.2, -0.15) is 0 Å². The minimum atomic E-state index is -0.900. The normalized spacial score (nSPS) is 11.9. The van der Waals surface area contributed by atoms with Crippen molar-refractivity contribution >= 4 is 29.3 Å². The Bertz CT molecular complexity index is 474. The Morgan fingerprint density at radius 2 is 2.11 bits per heavy atom. The Morgan fingerprint density at radius 3 is 2.68 bits per heavy atom. The number of aryl methyl sites for hydroxylation is 2. The third kappa shape index (κ3) is 4.59. The zero-order valence-electron chi connectivity index (χ0n) is 11.4. The molecule has 1 aromatic rings. The lowest BCUT2D eigenvalue weighted by atomic mass is 10.1. The average Bonchev–Trinajstić information content (AvgIpc) is 2.38. The number of nitrogens with one attached hydrogen (secondary N) is 1. The van der Waals surface area contributed by atoms with Crippen molar-refractivity contribution in [3.8, 4) is 0 Å². The van der Waals surface area contributed by atoms with Crippen molar-refractivity contribution in [1.29, 1.82) is 0 Å². The van der Waals surface area contributed by atoms with E-state index in [1.54, 1.807) is 6.92 Å². The van der Waals surface area contributed by atoms with Crippen LogP contribution in [0.15, 0.2) is 18.2 Å². The molecule has 0 radical (unpaired) electrons. The molecule has 1 aromatic carbocycles. The van der Waals surface area contributed by atoms with E-state index in [1.165, 1.54) is 0 Å². The number of hydrogen-bond donors (Lipinski definition) is 2. The zero-order chi connectivity index (χ0) is 14.4. The summed E-state index contributed by atoms with van der Waals surface area (Å²) in [5, 5.41) is 11.1. The zero-order valence-corrected chi connectivity index (χ0v) is 12.2. The lowest BCUT2D eigenvalue weighted by Crippen LogP contribution is -2.20. The van der Waals surface area contributed by atoms with E-state index < -0.39 is 11.2 Å². The van der Waals surface area contributed by atoms with E-state index in [-0.39, 0.29) is 11.7 Å². The van der Waals surface area contributed by atoms with Crippen LogP contribution in [-0.2, 0) is 16.0 Å². The van der Waals surface area contributed by atoms with Crippen molar-refractivity contribution in [3.05, 3.63) is 29.3 Å². The van der Waals surface area contributed by atoms with Crippen LogP contribution in [0.2, 0.25) is 0 Å². The Morgan fingerprint density at radius 1 is 1.42 bits per heavy atom. The first-order valence-electron chi connectivity index (χ1n) is 6.18. The van der Waals surface area contributed by atoms with Crippen LogP contribution in [0, 0.1) is 6.92 Å². The van der Waals surface area contributed by atoms with Gasteiger partial charge in [-0.15, -0.1) is 11.8 Å². The number of aliphatic carboxylic acids is 1. The molecule has 0 bridgehead atoms. The summed E-state index contributed by atoms with van der Waals surface area (Å²) >= 11 is 1.12. The third-order valence-electron chi connectivity index (χ3n) is 2.82. The highest BCUT2D eigenvalue weighted by atomic mass is 32.2. The molecule has 4 nitrogen and oxygen atoms in total. The standard InChI is InChI=1S/C14H19NO3S/c1-4-11-7-5-6-9(2)13(11)15-12(16)8-19-10(3)14(17)18/h5-7,10H,4,8H2,1-3H3,(H,15,16)(H,17,18). The molecule has 0 spiro atoms. The number of carboxylic acids is 1. The number of rotatable bonds is 6. The molecule has 1 unspecified atom stereocenters. The molecule has 0 fully saturated rings. The van der Waals surface area contributed by atoms with Crippen LogP contribution in [-0.4, -0.2) is 28.0 Å². The summed E-state index contributed by atoms with van der Waals surface area (Å²) in [7, 11) is 0. The van der Waals surface area contributed by atoms with Gasteiger partial charge in [0.15, 0.2) is 0 Å². The van der Waals surface area contributed by atoms with Crippen molar-refractivity contribution in [3.63, 3.8) is 0 Å². The van der Waals surface area contributed by atoms with Gasteiger partial charge in [-0.3, -0.25) is 9.59 Å². The van der Waals surface area contributed by atoms with Crippen molar-refractivity contribution in [1.82, 2.24) is 0 Å². The highest BCUT2D eigenvalue weighted by Crippen LogP contribution is 2.21. The minimum Gasteiger partial charge on any atom is -0.480 e. The molecule has 0 aromatic heterocycles. The van der Waals surface area contributed by atoms with Crippen LogP contribution in [0.1, 0.15) is 25.0 Å². The number of anilines is 1. The quantitative estimate of drug-likeness (QED) is 0.841. The number of para-hydroxylation sites is 1. The Hall–Kier alpha value is -1.49. The maximum absolute atomic E-state index is 11.8. The van der Waals surface area contributed by atoms with Gasteiger partial charge in [0.2, 0.25) is 5.91 Å². The molecule has 0 aliphatic carbocycles. The summed E-state index contributed by atoms with van der Waals surface area (Å²) in [4.78, 5) is 22.5. The van der Waals surface area contributed by atoms with Gasteiger partial charge >= 0.3 is 5.97 Å². The van der Waals surface area contributed by atoms with Crippen LogP contribution >= 0.6 is 11.8 Å². The molecule has 1 rings (SSSR count). The summed E-state index contributed by atoms with van der Waals surface area (Å²) in [5.41, 5.74) is 2.95. The molecule has 0 heterocycles. The topological polar surface area (TPSA) is 66.4 Å². The lowest BCUT2D eigenvalue weighted by molar-refractivity contribution is -0.136. The van der Waals surface area contributed by atoms with Gasteiger partial charge in [0, 0.05) is 5.69 Å². The van der Waals surface area contributed by atoms with Crippen molar-refractivity contribution in [2.24, 2.45) is 0 Å². The van der Waals surface area contributed by atoms with Crippen LogP contribution in [0.25, 0.3) is 0 Å². The summed E-state index contributed by atoms with van der Waals surface area (Å²) < 4.78 is 0. The number of carbonyl (C=O) groups is 2. The third-order valence-corrected chi connectivity index (χ3v) is 3.95. The Kier molecular flexibility index (Phi) is 5.89. The second kappa shape index (κ2) is 7.19. The maximum Gasteiger partial charge on any atom is 0.316 e. The van der Waals surface area contributed by atoms with Crippen LogP contribution in [0.5, 0.6) is 0 Å². The largest absolute Gasteiger partial charge is 0.480 e. The Labute approximate surface area is 117 Å². The molecule has 19 heavy (non-hydrogen) atoms. The molecule has 5 heteroatoms. The predicted molar refractivity (Wildman–Crippen MR) is 78.7 cm³/mol. The number of carboxylic acid groups (broad SMARTS) is 1. The van der Waals surface area contributed by atoms with E-state index >= 15 is 0 Å². The molecule has 104 valence electrons. The molecule has 0 saturated heterocycles. The fourth-order valence-electron chi connectivity index (χ4n) is 1.65. The van der Waals surface area contributed by atoms with Gasteiger partial charge in [-0.1, -0.05) is 25.1 Å². The summed E-state index contributed by atoms with van der Waals surface area (Å²) in [6.45, 7) is 5.55. The molecule has 1 amide bonds. The van der Waals surface area contributed by atoms with E-state index in [4.69, 9.17) is 5.11 Å². The first kappa shape index (κ1) is 15.6. The number of thioether (sulfide) groups is 1. The minimum absolute atomic E-state index is 0.144. The average molecular weight is 281 g/mol. The molecular weight excluding hydrogens is 262 g/mol. The van der Waals surface area contributed by atoms with E-state index in [0.29, 0.717) is 0 Å². The summed E-state index contributed by atoms with van der Waals surface area (Å²) in [6.07, 6.45) is 0.843. The predicted octanol–water partition coefficient (Wildman–Crippen LogP) is 2.70. The monoisotopic (exact) mass is 281 g/mol. The van der Waals surface area contributed by atoms with E-state index in [9.17, 15) is 9.59 Å². The number of hydrogen-bond acceptors (Lipinski definition) is 3. The van der Waals surface area contributed by atoms with Crippen molar-refractivity contribution in [2.75, 3.05) is 11.1 Å². The Balaban J connectivity index is 2.65. The number of carbonyl (C=O) groups excluding carboxylic acids is 1. The van der Waals surface area contributed by atoms with Gasteiger partial charge in [-0.05, 0) is 31.4 Å². The van der Waals surface area contributed by atoms with Gasteiger partial charge in [0.1, 0.15) is 0 Å². The second-order valence-electron chi connectivity index (χ2n) is 4.30. The van der Waals surface area contributed by atoms with Crippen LogP contribution < -0.4 is 5.32 Å². The first-order valence-corrected chi connectivity index (χ1v) is 7.23. The lowest BCUT2D eigenvalue weighted by Gasteiger charge is -2.13. The maximum atomic E-state index is 11.8. The van der Waals surface area contributed by atoms with Gasteiger partial charge in [0.05, 0.1) is 11.0 Å². The molecule has 2 N–H and O–H groups in total.